The molecule has 1 aromatic heterocycles. The molecular weight excluding hydrogens is 320 g/mol. The normalized spacial score (nSPS) is 18.0. The maximum atomic E-state index is 12.1. The molecule has 1 heterocycles. The van der Waals surface area contributed by atoms with Gasteiger partial charge in [0.05, 0.1) is 11.3 Å². The molecule has 5 nitrogen and oxygen atoms in total. The zero-order valence-corrected chi connectivity index (χ0v) is 14.4. The highest BCUT2D eigenvalue weighted by molar-refractivity contribution is 7.99. The second-order valence-electron chi connectivity index (χ2n) is 6.63. The van der Waals surface area contributed by atoms with Gasteiger partial charge in [-0.15, -0.1) is 0 Å². The number of benzene rings is 1. The van der Waals surface area contributed by atoms with Crippen molar-refractivity contribution in [1.29, 1.82) is 0 Å². The average molecular weight is 342 g/mol. The van der Waals surface area contributed by atoms with Crippen molar-refractivity contribution < 1.29 is 4.79 Å². The Morgan fingerprint density at radius 3 is 2.67 bits per heavy atom. The molecule has 0 saturated heterocycles. The fourth-order valence-electron chi connectivity index (χ4n) is 3.12. The zero-order valence-electron chi connectivity index (χ0n) is 13.6. The molecule has 1 aromatic carbocycles. The highest BCUT2D eigenvalue weighted by Crippen LogP contribution is 2.29. The molecule has 24 heavy (non-hydrogen) atoms. The van der Waals surface area contributed by atoms with Gasteiger partial charge in [0.2, 0.25) is 5.91 Å². The predicted octanol–water partition coefficient (Wildman–Crippen LogP) is 3.36. The smallest absolute Gasteiger partial charge is 0.230 e. The third-order valence-corrected chi connectivity index (χ3v) is 5.40. The van der Waals surface area contributed by atoms with E-state index in [2.05, 4.69) is 20.6 Å². The summed E-state index contributed by atoms with van der Waals surface area (Å²) in [4.78, 5) is 21.4. The SMILES string of the molecule is O=C(CSc1nc(NC2CC2)c2ccccc2n1)NC1CCCC1. The van der Waals surface area contributed by atoms with Crippen molar-refractivity contribution in [2.75, 3.05) is 11.1 Å². The first-order valence-electron chi connectivity index (χ1n) is 8.73. The van der Waals surface area contributed by atoms with Crippen molar-refractivity contribution >= 4 is 34.4 Å². The number of thioether (sulfide) groups is 1. The molecule has 0 aliphatic heterocycles. The van der Waals surface area contributed by atoms with Crippen molar-refractivity contribution in [2.45, 2.75) is 55.8 Å². The van der Waals surface area contributed by atoms with Crippen LogP contribution in [0.3, 0.4) is 0 Å². The number of nitrogens with zero attached hydrogens (tertiary/aromatic N) is 2. The second kappa shape index (κ2) is 6.97. The van der Waals surface area contributed by atoms with Crippen LogP contribution in [-0.2, 0) is 4.79 Å². The van der Waals surface area contributed by atoms with Crippen molar-refractivity contribution in [3.8, 4) is 0 Å². The van der Waals surface area contributed by atoms with E-state index in [1.54, 1.807) is 0 Å². The Morgan fingerprint density at radius 1 is 1.08 bits per heavy atom. The zero-order chi connectivity index (χ0) is 16.4. The highest BCUT2D eigenvalue weighted by atomic mass is 32.2. The van der Waals surface area contributed by atoms with Gasteiger partial charge in [-0.25, -0.2) is 9.97 Å². The van der Waals surface area contributed by atoms with E-state index in [-0.39, 0.29) is 5.91 Å². The van der Waals surface area contributed by atoms with Crippen LogP contribution in [0.25, 0.3) is 10.9 Å². The van der Waals surface area contributed by atoms with E-state index in [1.807, 2.05) is 24.3 Å². The van der Waals surface area contributed by atoms with Gasteiger partial charge in [0, 0.05) is 17.5 Å². The lowest BCUT2D eigenvalue weighted by molar-refractivity contribution is -0.119. The molecule has 0 atom stereocenters. The van der Waals surface area contributed by atoms with Gasteiger partial charge >= 0.3 is 0 Å². The van der Waals surface area contributed by atoms with E-state index >= 15 is 0 Å². The molecule has 0 unspecified atom stereocenters. The van der Waals surface area contributed by atoms with Gasteiger partial charge in [-0.05, 0) is 37.8 Å². The first-order chi connectivity index (χ1) is 11.8. The molecule has 2 aromatic rings. The Hall–Kier alpha value is -1.82. The Morgan fingerprint density at radius 2 is 1.88 bits per heavy atom. The van der Waals surface area contributed by atoms with Crippen LogP contribution in [0.4, 0.5) is 5.82 Å². The first kappa shape index (κ1) is 15.7. The number of fused-ring (bicyclic) bond motifs is 1. The van der Waals surface area contributed by atoms with Crippen LogP contribution in [0.2, 0.25) is 0 Å². The van der Waals surface area contributed by atoms with Gasteiger partial charge in [-0.1, -0.05) is 36.7 Å². The molecule has 4 rings (SSSR count). The van der Waals surface area contributed by atoms with Crippen LogP contribution in [0.1, 0.15) is 38.5 Å². The number of nitrogens with one attached hydrogen (secondary N) is 2. The number of hydrogen-bond acceptors (Lipinski definition) is 5. The molecule has 0 bridgehead atoms. The van der Waals surface area contributed by atoms with Gasteiger partial charge in [0.1, 0.15) is 5.82 Å². The molecule has 0 spiro atoms. The predicted molar refractivity (Wildman–Crippen MR) is 97.3 cm³/mol. The minimum absolute atomic E-state index is 0.0837. The molecule has 2 aliphatic carbocycles. The third kappa shape index (κ3) is 3.80. The van der Waals surface area contributed by atoms with Gasteiger partial charge in [-0.3, -0.25) is 4.79 Å². The van der Waals surface area contributed by atoms with E-state index in [0.29, 0.717) is 23.0 Å². The number of carbonyl (C=O) groups excluding carboxylic acids is 1. The van der Waals surface area contributed by atoms with E-state index < -0.39 is 0 Å². The molecule has 6 heteroatoms. The van der Waals surface area contributed by atoms with Crippen LogP contribution >= 0.6 is 11.8 Å². The number of anilines is 1. The molecule has 126 valence electrons. The maximum absolute atomic E-state index is 12.1. The average Bonchev–Trinajstić information content (AvgIpc) is 3.26. The Labute approximate surface area is 146 Å². The Balaban J connectivity index is 1.45. The van der Waals surface area contributed by atoms with Crippen LogP contribution < -0.4 is 10.6 Å². The first-order valence-corrected chi connectivity index (χ1v) is 9.72. The summed E-state index contributed by atoms with van der Waals surface area (Å²) in [6.07, 6.45) is 7.07. The van der Waals surface area contributed by atoms with Crippen molar-refractivity contribution in [3.05, 3.63) is 24.3 Å². The second-order valence-corrected chi connectivity index (χ2v) is 7.57. The van der Waals surface area contributed by atoms with E-state index in [9.17, 15) is 4.79 Å². The van der Waals surface area contributed by atoms with Crippen LogP contribution in [0, 0.1) is 0 Å². The lowest BCUT2D eigenvalue weighted by atomic mass is 10.2. The van der Waals surface area contributed by atoms with E-state index in [1.165, 1.54) is 37.4 Å². The fourth-order valence-corrected chi connectivity index (χ4v) is 3.78. The van der Waals surface area contributed by atoms with Crippen LogP contribution in [0.5, 0.6) is 0 Å². The molecular formula is C18H22N4OS. The Kier molecular flexibility index (Phi) is 4.56. The Bertz CT molecular complexity index is 741. The highest BCUT2D eigenvalue weighted by Gasteiger charge is 2.23. The van der Waals surface area contributed by atoms with Crippen LogP contribution in [-0.4, -0.2) is 33.7 Å². The molecule has 2 N–H and O–H groups in total. The molecule has 2 aliphatic rings. The maximum Gasteiger partial charge on any atom is 0.230 e. The van der Waals surface area contributed by atoms with Crippen molar-refractivity contribution in [3.63, 3.8) is 0 Å². The molecule has 2 saturated carbocycles. The van der Waals surface area contributed by atoms with E-state index in [4.69, 9.17) is 0 Å². The summed E-state index contributed by atoms with van der Waals surface area (Å²) in [5.41, 5.74) is 0.925. The quantitative estimate of drug-likeness (QED) is 0.622. The summed E-state index contributed by atoms with van der Waals surface area (Å²) in [7, 11) is 0. The lowest BCUT2D eigenvalue weighted by Gasteiger charge is -2.12. The summed E-state index contributed by atoms with van der Waals surface area (Å²) in [5.74, 6) is 1.35. The molecule has 2 fully saturated rings. The summed E-state index contributed by atoms with van der Waals surface area (Å²) in [6, 6.07) is 8.93. The number of amides is 1. The fraction of sp³-hybridized carbons (Fsp3) is 0.500. The minimum Gasteiger partial charge on any atom is -0.367 e. The largest absolute Gasteiger partial charge is 0.367 e. The van der Waals surface area contributed by atoms with Crippen molar-refractivity contribution in [2.24, 2.45) is 0 Å². The number of carbonyl (C=O) groups is 1. The number of aromatic nitrogens is 2. The number of rotatable bonds is 6. The van der Waals surface area contributed by atoms with Gasteiger partial charge in [-0.2, -0.15) is 0 Å². The summed E-state index contributed by atoms with van der Waals surface area (Å²) < 4.78 is 0. The lowest BCUT2D eigenvalue weighted by Crippen LogP contribution is -2.33. The van der Waals surface area contributed by atoms with Crippen molar-refractivity contribution in [1.82, 2.24) is 15.3 Å². The minimum atomic E-state index is 0.0837. The standard InChI is InChI=1S/C18H22N4OS/c23-16(19-12-5-1-2-6-12)11-24-18-21-15-8-4-3-7-14(15)17(22-18)20-13-9-10-13/h3-4,7-8,12-13H,1-2,5-6,9-11H2,(H,19,23)(H,20,21,22). The number of hydrogen-bond donors (Lipinski definition) is 2. The third-order valence-electron chi connectivity index (χ3n) is 4.55. The van der Waals surface area contributed by atoms with Crippen LogP contribution in [0.15, 0.2) is 29.4 Å². The summed E-state index contributed by atoms with van der Waals surface area (Å²) in [5, 5.41) is 8.30. The van der Waals surface area contributed by atoms with Gasteiger partial charge in [0.15, 0.2) is 5.16 Å². The topological polar surface area (TPSA) is 66.9 Å². The summed E-state index contributed by atoms with van der Waals surface area (Å²) >= 11 is 1.41. The van der Waals surface area contributed by atoms with E-state index in [0.717, 1.165) is 29.6 Å². The van der Waals surface area contributed by atoms with Gasteiger partial charge < -0.3 is 10.6 Å². The summed E-state index contributed by atoms with van der Waals surface area (Å²) in [6.45, 7) is 0. The molecule has 1 amide bonds. The number of para-hydroxylation sites is 1. The monoisotopic (exact) mass is 342 g/mol. The molecule has 0 radical (unpaired) electrons. The van der Waals surface area contributed by atoms with Gasteiger partial charge in [0.25, 0.3) is 0 Å².